The summed E-state index contributed by atoms with van der Waals surface area (Å²) in [6, 6.07) is 6.61. The van der Waals surface area contributed by atoms with Crippen molar-refractivity contribution in [3.05, 3.63) is 46.4 Å². The quantitative estimate of drug-likeness (QED) is 0.841. The lowest BCUT2D eigenvalue weighted by molar-refractivity contribution is 0.315. The predicted octanol–water partition coefficient (Wildman–Crippen LogP) is 3.44. The second-order valence-corrected chi connectivity index (χ2v) is 5.46. The Morgan fingerprint density at radius 1 is 1.42 bits per heavy atom. The van der Waals surface area contributed by atoms with E-state index in [-0.39, 0.29) is 6.04 Å². The number of nitrogens with zero attached hydrogens (tertiary/aromatic N) is 1. The Morgan fingerprint density at radius 2 is 2.32 bits per heavy atom. The van der Waals surface area contributed by atoms with Crippen LogP contribution in [-0.4, -0.2) is 18.6 Å². The molecule has 3 nitrogen and oxygen atoms in total. The molecule has 2 aromatic rings. The van der Waals surface area contributed by atoms with Crippen LogP contribution in [0.25, 0.3) is 0 Å². The number of rotatable bonds is 7. The molecule has 0 amide bonds. The van der Waals surface area contributed by atoms with Gasteiger partial charge in [-0.2, -0.15) is 0 Å². The third-order valence-corrected chi connectivity index (χ3v) is 3.84. The van der Waals surface area contributed by atoms with E-state index in [0.29, 0.717) is 0 Å². The van der Waals surface area contributed by atoms with E-state index in [2.05, 4.69) is 40.8 Å². The molecular weight excluding hydrogens is 256 g/mol. The predicted molar refractivity (Wildman–Crippen MR) is 79.8 cm³/mol. The SMILES string of the molecule is CCCOc1cncc(C(Cc2cccs2)NC)c1. The lowest BCUT2D eigenvalue weighted by atomic mass is 10.1. The molecule has 0 saturated heterocycles. The van der Waals surface area contributed by atoms with Gasteiger partial charge in [-0.1, -0.05) is 13.0 Å². The van der Waals surface area contributed by atoms with E-state index in [1.165, 1.54) is 10.4 Å². The summed E-state index contributed by atoms with van der Waals surface area (Å²) in [4.78, 5) is 5.65. The van der Waals surface area contributed by atoms with Crippen LogP contribution in [0, 0.1) is 0 Å². The lowest BCUT2D eigenvalue weighted by Crippen LogP contribution is -2.18. The summed E-state index contributed by atoms with van der Waals surface area (Å²) in [7, 11) is 1.98. The Bertz CT molecular complexity index is 485. The molecule has 0 saturated carbocycles. The van der Waals surface area contributed by atoms with Crippen molar-refractivity contribution in [2.24, 2.45) is 0 Å². The zero-order chi connectivity index (χ0) is 13.5. The van der Waals surface area contributed by atoms with E-state index in [9.17, 15) is 0 Å². The Kier molecular flexibility index (Phi) is 5.36. The maximum atomic E-state index is 5.64. The molecule has 19 heavy (non-hydrogen) atoms. The molecule has 0 fully saturated rings. The van der Waals surface area contributed by atoms with Gasteiger partial charge in [0.15, 0.2) is 0 Å². The van der Waals surface area contributed by atoms with Gasteiger partial charge >= 0.3 is 0 Å². The van der Waals surface area contributed by atoms with E-state index in [4.69, 9.17) is 4.74 Å². The van der Waals surface area contributed by atoms with Crippen LogP contribution in [0.1, 0.15) is 29.8 Å². The Labute approximate surface area is 118 Å². The number of aromatic nitrogens is 1. The molecule has 2 heterocycles. The number of likely N-dealkylation sites (N-methyl/N-ethyl adjacent to an activating group) is 1. The molecule has 2 rings (SSSR count). The van der Waals surface area contributed by atoms with E-state index in [0.717, 1.165) is 25.2 Å². The van der Waals surface area contributed by atoms with Gasteiger partial charge in [-0.25, -0.2) is 0 Å². The molecule has 0 bridgehead atoms. The summed E-state index contributed by atoms with van der Waals surface area (Å²) in [5.74, 6) is 0.853. The van der Waals surface area contributed by atoms with Crippen LogP contribution in [0.4, 0.5) is 0 Å². The molecule has 0 aliphatic carbocycles. The van der Waals surface area contributed by atoms with Crippen LogP contribution in [0.5, 0.6) is 5.75 Å². The number of thiophene rings is 1. The lowest BCUT2D eigenvalue weighted by Gasteiger charge is -2.16. The first-order chi connectivity index (χ1) is 9.33. The third-order valence-electron chi connectivity index (χ3n) is 2.94. The molecule has 102 valence electrons. The smallest absolute Gasteiger partial charge is 0.137 e. The Morgan fingerprint density at radius 3 is 3.00 bits per heavy atom. The van der Waals surface area contributed by atoms with Crippen molar-refractivity contribution in [2.45, 2.75) is 25.8 Å². The van der Waals surface area contributed by atoms with E-state index >= 15 is 0 Å². The van der Waals surface area contributed by atoms with Crippen LogP contribution in [0.2, 0.25) is 0 Å². The largest absolute Gasteiger partial charge is 0.492 e. The molecule has 0 aliphatic rings. The molecule has 0 aliphatic heterocycles. The Balaban J connectivity index is 2.09. The van der Waals surface area contributed by atoms with Crippen molar-refractivity contribution >= 4 is 11.3 Å². The van der Waals surface area contributed by atoms with Gasteiger partial charge in [0, 0.05) is 23.5 Å². The van der Waals surface area contributed by atoms with Crippen molar-refractivity contribution in [2.75, 3.05) is 13.7 Å². The molecule has 1 N–H and O–H groups in total. The second-order valence-electron chi connectivity index (χ2n) is 4.43. The minimum absolute atomic E-state index is 0.274. The molecule has 0 aromatic carbocycles. The van der Waals surface area contributed by atoms with Crippen molar-refractivity contribution < 1.29 is 4.74 Å². The Hall–Kier alpha value is -1.39. The van der Waals surface area contributed by atoms with Gasteiger partial charge in [-0.15, -0.1) is 11.3 Å². The molecule has 0 spiro atoms. The molecular formula is C15H20N2OS. The van der Waals surface area contributed by atoms with Gasteiger partial charge in [0.2, 0.25) is 0 Å². The number of hydrogen-bond acceptors (Lipinski definition) is 4. The van der Waals surface area contributed by atoms with Crippen molar-refractivity contribution in [3.63, 3.8) is 0 Å². The minimum Gasteiger partial charge on any atom is -0.492 e. The number of hydrogen-bond donors (Lipinski definition) is 1. The average Bonchev–Trinajstić information content (AvgIpc) is 2.96. The molecule has 1 unspecified atom stereocenters. The standard InChI is InChI=1S/C15H20N2OS/c1-3-6-18-13-8-12(10-17-11-13)15(16-2)9-14-5-4-7-19-14/h4-5,7-8,10-11,15-16H,3,6,9H2,1-2H3. The van der Waals surface area contributed by atoms with Gasteiger partial charge in [-0.3, -0.25) is 4.98 Å². The summed E-state index contributed by atoms with van der Waals surface area (Å²) in [6.45, 7) is 2.84. The normalized spacial score (nSPS) is 12.3. The van der Waals surface area contributed by atoms with E-state index in [1.54, 1.807) is 17.5 Å². The van der Waals surface area contributed by atoms with E-state index in [1.807, 2.05) is 13.2 Å². The summed E-state index contributed by atoms with van der Waals surface area (Å²) < 4.78 is 5.64. The summed E-state index contributed by atoms with van der Waals surface area (Å²) >= 11 is 1.79. The van der Waals surface area contributed by atoms with Crippen LogP contribution in [-0.2, 0) is 6.42 Å². The number of ether oxygens (including phenoxy) is 1. The topological polar surface area (TPSA) is 34.1 Å². The van der Waals surface area contributed by atoms with Crippen molar-refractivity contribution in [1.29, 1.82) is 0 Å². The van der Waals surface area contributed by atoms with Gasteiger partial charge in [0.25, 0.3) is 0 Å². The molecule has 2 aromatic heterocycles. The maximum absolute atomic E-state index is 5.64. The van der Waals surface area contributed by atoms with Gasteiger partial charge < -0.3 is 10.1 Å². The highest BCUT2D eigenvalue weighted by Gasteiger charge is 2.12. The fraction of sp³-hybridized carbons (Fsp3) is 0.400. The highest BCUT2D eigenvalue weighted by Crippen LogP contribution is 2.23. The van der Waals surface area contributed by atoms with Crippen LogP contribution < -0.4 is 10.1 Å². The van der Waals surface area contributed by atoms with Crippen LogP contribution >= 0.6 is 11.3 Å². The third kappa shape index (κ3) is 4.04. The fourth-order valence-corrected chi connectivity index (χ4v) is 2.69. The molecule has 4 heteroatoms. The van der Waals surface area contributed by atoms with E-state index < -0.39 is 0 Å². The monoisotopic (exact) mass is 276 g/mol. The summed E-state index contributed by atoms with van der Waals surface area (Å²) in [5, 5.41) is 5.46. The highest BCUT2D eigenvalue weighted by molar-refractivity contribution is 7.09. The number of pyridine rings is 1. The molecule has 1 atom stereocenters. The summed E-state index contributed by atoms with van der Waals surface area (Å²) in [5.41, 5.74) is 1.17. The van der Waals surface area contributed by atoms with Gasteiger partial charge in [0.05, 0.1) is 12.8 Å². The number of nitrogens with one attached hydrogen (secondary N) is 1. The van der Waals surface area contributed by atoms with Crippen LogP contribution in [0.3, 0.4) is 0 Å². The highest BCUT2D eigenvalue weighted by atomic mass is 32.1. The minimum atomic E-state index is 0.274. The first-order valence-corrected chi connectivity index (χ1v) is 7.48. The molecule has 0 radical (unpaired) electrons. The zero-order valence-electron chi connectivity index (χ0n) is 11.4. The van der Waals surface area contributed by atoms with Crippen molar-refractivity contribution in [3.8, 4) is 5.75 Å². The first-order valence-electron chi connectivity index (χ1n) is 6.61. The zero-order valence-corrected chi connectivity index (χ0v) is 12.2. The van der Waals surface area contributed by atoms with Gasteiger partial charge in [-0.05, 0) is 36.5 Å². The van der Waals surface area contributed by atoms with Crippen LogP contribution in [0.15, 0.2) is 36.0 Å². The second kappa shape index (κ2) is 7.26. The maximum Gasteiger partial charge on any atom is 0.137 e. The van der Waals surface area contributed by atoms with Crippen molar-refractivity contribution in [1.82, 2.24) is 10.3 Å². The first kappa shape index (κ1) is 14.0. The fourth-order valence-electron chi connectivity index (χ4n) is 1.94. The van der Waals surface area contributed by atoms with Gasteiger partial charge in [0.1, 0.15) is 5.75 Å². The summed E-state index contributed by atoms with van der Waals surface area (Å²) in [6.07, 6.45) is 5.67. The average molecular weight is 276 g/mol.